The molecule has 0 atom stereocenters. The number of hydrogen-bond donors (Lipinski definition) is 1. The van der Waals surface area contributed by atoms with Crippen LogP contribution in [0.15, 0.2) is 28.9 Å². The molecule has 0 aliphatic rings. The molecule has 0 bridgehead atoms. The van der Waals surface area contributed by atoms with E-state index in [1.54, 1.807) is 6.20 Å². The minimum Gasteiger partial charge on any atom is -0.482 e. The van der Waals surface area contributed by atoms with Crippen LogP contribution in [0.1, 0.15) is 32.3 Å². The van der Waals surface area contributed by atoms with Gasteiger partial charge in [-0.05, 0) is 19.1 Å². The molecule has 19 heavy (non-hydrogen) atoms. The first-order chi connectivity index (χ1) is 9.17. The van der Waals surface area contributed by atoms with Gasteiger partial charge in [-0.2, -0.15) is 5.10 Å². The normalized spacial score (nSPS) is 11.2. The summed E-state index contributed by atoms with van der Waals surface area (Å²) in [5, 5.41) is 7.46. The average Bonchev–Trinajstić information content (AvgIpc) is 3.03. The van der Waals surface area contributed by atoms with Gasteiger partial charge in [0, 0.05) is 12.6 Å². The largest absolute Gasteiger partial charge is 0.482 e. The summed E-state index contributed by atoms with van der Waals surface area (Å²) in [7, 11) is 0. The van der Waals surface area contributed by atoms with Crippen molar-refractivity contribution < 1.29 is 9.15 Å². The molecule has 0 aliphatic heterocycles. The van der Waals surface area contributed by atoms with Crippen LogP contribution in [0.4, 0.5) is 0 Å². The first kappa shape index (κ1) is 13.7. The van der Waals surface area contributed by atoms with Gasteiger partial charge in [0.25, 0.3) is 0 Å². The third kappa shape index (κ3) is 4.13. The fraction of sp³-hybridized carbons (Fsp3) is 0.500. The Morgan fingerprint density at radius 2 is 2.16 bits per heavy atom. The van der Waals surface area contributed by atoms with Crippen LogP contribution in [-0.4, -0.2) is 15.8 Å². The Hall–Kier alpha value is -1.75. The van der Waals surface area contributed by atoms with Crippen LogP contribution < -0.4 is 10.1 Å². The van der Waals surface area contributed by atoms with Crippen LogP contribution in [0.25, 0.3) is 0 Å². The van der Waals surface area contributed by atoms with Crippen molar-refractivity contribution in [3.63, 3.8) is 0 Å². The lowest BCUT2D eigenvalue weighted by Crippen LogP contribution is -2.21. The van der Waals surface area contributed by atoms with Gasteiger partial charge in [-0.1, -0.05) is 13.8 Å². The molecule has 0 radical (unpaired) electrons. The third-order valence-corrected chi connectivity index (χ3v) is 2.72. The van der Waals surface area contributed by atoms with Crippen LogP contribution in [0.3, 0.4) is 0 Å². The SMILES string of the molecule is CCn1cc(OCc2ccc(CNC(C)C)o2)cn1. The summed E-state index contributed by atoms with van der Waals surface area (Å²) < 4.78 is 13.1. The summed E-state index contributed by atoms with van der Waals surface area (Å²) in [6.45, 7) is 8.27. The van der Waals surface area contributed by atoms with Gasteiger partial charge in [-0.3, -0.25) is 4.68 Å². The van der Waals surface area contributed by atoms with Gasteiger partial charge in [-0.25, -0.2) is 0 Å². The zero-order valence-electron chi connectivity index (χ0n) is 11.7. The van der Waals surface area contributed by atoms with Gasteiger partial charge < -0.3 is 14.5 Å². The van der Waals surface area contributed by atoms with Crippen molar-refractivity contribution in [3.05, 3.63) is 36.0 Å². The highest BCUT2D eigenvalue weighted by molar-refractivity contribution is 5.13. The van der Waals surface area contributed by atoms with Crippen LogP contribution in [-0.2, 0) is 19.7 Å². The molecule has 2 aromatic rings. The Kier molecular flexibility index (Phi) is 4.63. The van der Waals surface area contributed by atoms with Gasteiger partial charge in [-0.15, -0.1) is 0 Å². The van der Waals surface area contributed by atoms with Gasteiger partial charge in [0.15, 0.2) is 5.75 Å². The first-order valence-corrected chi connectivity index (χ1v) is 6.63. The summed E-state index contributed by atoms with van der Waals surface area (Å²) in [5.74, 6) is 2.52. The molecule has 0 saturated carbocycles. The highest BCUT2D eigenvalue weighted by Gasteiger charge is 2.05. The monoisotopic (exact) mass is 263 g/mol. The molecule has 0 spiro atoms. The van der Waals surface area contributed by atoms with E-state index in [2.05, 4.69) is 24.3 Å². The van der Waals surface area contributed by atoms with Gasteiger partial charge in [0.2, 0.25) is 0 Å². The molecular weight excluding hydrogens is 242 g/mol. The van der Waals surface area contributed by atoms with Gasteiger partial charge in [0.1, 0.15) is 18.1 Å². The molecule has 1 N–H and O–H groups in total. The van der Waals surface area contributed by atoms with E-state index in [-0.39, 0.29) is 0 Å². The van der Waals surface area contributed by atoms with Crippen LogP contribution in [0.2, 0.25) is 0 Å². The Morgan fingerprint density at radius 3 is 2.84 bits per heavy atom. The molecule has 0 unspecified atom stereocenters. The smallest absolute Gasteiger partial charge is 0.157 e. The molecule has 104 valence electrons. The standard InChI is InChI=1S/C14H21N3O2/c1-4-17-9-14(8-16-17)18-10-13-6-5-12(19-13)7-15-11(2)3/h5-6,8-9,11,15H,4,7,10H2,1-3H3. The average molecular weight is 263 g/mol. The van der Waals surface area contributed by atoms with E-state index in [0.29, 0.717) is 12.6 Å². The summed E-state index contributed by atoms with van der Waals surface area (Å²) in [6, 6.07) is 4.37. The lowest BCUT2D eigenvalue weighted by Gasteiger charge is -2.05. The summed E-state index contributed by atoms with van der Waals surface area (Å²) in [5.41, 5.74) is 0. The van der Waals surface area contributed by atoms with E-state index >= 15 is 0 Å². The Labute approximate surface area is 113 Å². The van der Waals surface area contributed by atoms with E-state index in [1.165, 1.54) is 0 Å². The maximum Gasteiger partial charge on any atom is 0.157 e. The first-order valence-electron chi connectivity index (χ1n) is 6.63. The van der Waals surface area contributed by atoms with E-state index in [9.17, 15) is 0 Å². The minimum atomic E-state index is 0.428. The Bertz CT molecular complexity index is 502. The quantitative estimate of drug-likeness (QED) is 0.834. The number of nitrogens with one attached hydrogen (secondary N) is 1. The number of aryl methyl sites for hydroxylation is 1. The lowest BCUT2D eigenvalue weighted by atomic mass is 10.3. The molecular formula is C14H21N3O2. The topological polar surface area (TPSA) is 52.2 Å². The fourth-order valence-electron chi connectivity index (χ4n) is 1.65. The summed E-state index contributed by atoms with van der Waals surface area (Å²) >= 11 is 0. The number of rotatable bonds is 7. The highest BCUT2D eigenvalue weighted by Crippen LogP contribution is 2.13. The Morgan fingerprint density at radius 1 is 1.37 bits per heavy atom. The van der Waals surface area contributed by atoms with E-state index < -0.39 is 0 Å². The predicted molar refractivity (Wildman–Crippen MR) is 72.9 cm³/mol. The zero-order valence-corrected chi connectivity index (χ0v) is 11.7. The van der Waals surface area contributed by atoms with Crippen LogP contribution in [0, 0.1) is 0 Å². The van der Waals surface area contributed by atoms with Crippen LogP contribution in [0.5, 0.6) is 5.75 Å². The van der Waals surface area contributed by atoms with Crippen LogP contribution >= 0.6 is 0 Å². The Balaban J connectivity index is 1.82. The second-order valence-corrected chi connectivity index (χ2v) is 4.72. The van der Waals surface area contributed by atoms with E-state index in [0.717, 1.165) is 30.4 Å². The molecule has 5 nitrogen and oxygen atoms in total. The van der Waals surface area contributed by atoms with Crippen molar-refractivity contribution in [1.82, 2.24) is 15.1 Å². The second kappa shape index (κ2) is 6.43. The number of ether oxygens (including phenoxy) is 1. The second-order valence-electron chi connectivity index (χ2n) is 4.72. The summed E-state index contributed by atoms with van der Waals surface area (Å²) in [4.78, 5) is 0. The van der Waals surface area contributed by atoms with E-state index in [1.807, 2.05) is 29.9 Å². The maximum absolute atomic E-state index is 5.67. The minimum absolute atomic E-state index is 0.428. The number of furan rings is 1. The van der Waals surface area contributed by atoms with Gasteiger partial charge in [0.05, 0.1) is 18.9 Å². The van der Waals surface area contributed by atoms with Crippen molar-refractivity contribution in [2.75, 3.05) is 0 Å². The molecule has 0 aromatic carbocycles. The van der Waals surface area contributed by atoms with Crippen molar-refractivity contribution >= 4 is 0 Å². The van der Waals surface area contributed by atoms with Crippen molar-refractivity contribution in [1.29, 1.82) is 0 Å². The van der Waals surface area contributed by atoms with Gasteiger partial charge >= 0.3 is 0 Å². The predicted octanol–water partition coefficient (Wildman–Crippen LogP) is 2.57. The van der Waals surface area contributed by atoms with E-state index in [4.69, 9.17) is 9.15 Å². The molecule has 0 aliphatic carbocycles. The molecule has 2 heterocycles. The molecule has 0 saturated heterocycles. The highest BCUT2D eigenvalue weighted by atomic mass is 16.5. The third-order valence-electron chi connectivity index (χ3n) is 2.72. The lowest BCUT2D eigenvalue weighted by molar-refractivity contribution is 0.264. The molecule has 2 rings (SSSR count). The van der Waals surface area contributed by atoms with Crippen molar-refractivity contribution in [2.45, 2.75) is 46.5 Å². The fourth-order valence-corrected chi connectivity index (χ4v) is 1.65. The number of aromatic nitrogens is 2. The number of nitrogens with zero attached hydrogens (tertiary/aromatic N) is 2. The molecule has 0 amide bonds. The molecule has 2 aromatic heterocycles. The number of hydrogen-bond acceptors (Lipinski definition) is 4. The molecule has 0 fully saturated rings. The van der Waals surface area contributed by atoms with Crippen molar-refractivity contribution in [3.8, 4) is 5.75 Å². The molecule has 5 heteroatoms. The van der Waals surface area contributed by atoms with Crippen molar-refractivity contribution in [2.24, 2.45) is 0 Å². The summed E-state index contributed by atoms with van der Waals surface area (Å²) in [6.07, 6.45) is 3.60. The zero-order chi connectivity index (χ0) is 13.7. The maximum atomic E-state index is 5.67.